The van der Waals surface area contributed by atoms with Gasteiger partial charge in [0.05, 0.1) is 34.3 Å². The molecular formula is C25H19N3O3. The number of imide groups is 1. The molecule has 2 amide bonds. The lowest BCUT2D eigenvalue weighted by Crippen LogP contribution is -2.33. The van der Waals surface area contributed by atoms with E-state index in [1.807, 2.05) is 32.0 Å². The summed E-state index contributed by atoms with van der Waals surface area (Å²) >= 11 is 0. The first-order valence-electron chi connectivity index (χ1n) is 9.99. The van der Waals surface area contributed by atoms with E-state index in [0.29, 0.717) is 33.5 Å². The molecule has 0 spiro atoms. The van der Waals surface area contributed by atoms with Crippen molar-refractivity contribution < 1.29 is 9.59 Å². The minimum Gasteiger partial charge on any atom is -0.269 e. The van der Waals surface area contributed by atoms with Crippen molar-refractivity contribution in [2.45, 2.75) is 20.4 Å². The van der Waals surface area contributed by atoms with Crippen LogP contribution < -0.4 is 5.56 Å². The van der Waals surface area contributed by atoms with Crippen LogP contribution in [-0.4, -0.2) is 26.3 Å². The molecule has 6 nitrogen and oxygen atoms in total. The van der Waals surface area contributed by atoms with Crippen LogP contribution in [0.15, 0.2) is 71.5 Å². The van der Waals surface area contributed by atoms with Crippen LogP contribution in [0, 0.1) is 13.8 Å². The summed E-state index contributed by atoms with van der Waals surface area (Å²) in [4.78, 5) is 45.1. The third-order valence-corrected chi connectivity index (χ3v) is 5.77. The van der Waals surface area contributed by atoms with Crippen molar-refractivity contribution in [3.8, 4) is 5.69 Å². The molecule has 6 heteroatoms. The quantitative estimate of drug-likeness (QED) is 0.483. The van der Waals surface area contributed by atoms with E-state index >= 15 is 0 Å². The van der Waals surface area contributed by atoms with Gasteiger partial charge in [-0.25, -0.2) is 4.98 Å². The maximum atomic E-state index is 13.4. The number of aryl methyl sites for hydroxylation is 2. The summed E-state index contributed by atoms with van der Waals surface area (Å²) in [5, 5.41) is 0.479. The van der Waals surface area contributed by atoms with Gasteiger partial charge in [0.1, 0.15) is 5.82 Å². The highest BCUT2D eigenvalue weighted by Gasteiger charge is 2.36. The van der Waals surface area contributed by atoms with Gasteiger partial charge in [0, 0.05) is 0 Å². The molecule has 0 fully saturated rings. The van der Waals surface area contributed by atoms with Crippen molar-refractivity contribution in [1.29, 1.82) is 0 Å². The first kappa shape index (κ1) is 18.9. The van der Waals surface area contributed by atoms with E-state index in [1.165, 1.54) is 4.57 Å². The maximum absolute atomic E-state index is 13.4. The van der Waals surface area contributed by atoms with E-state index in [4.69, 9.17) is 0 Å². The second-order valence-corrected chi connectivity index (χ2v) is 7.70. The Morgan fingerprint density at radius 1 is 0.774 bits per heavy atom. The predicted octanol–water partition coefficient (Wildman–Crippen LogP) is 3.80. The van der Waals surface area contributed by atoms with Gasteiger partial charge in [0.2, 0.25) is 0 Å². The van der Waals surface area contributed by atoms with Crippen molar-refractivity contribution in [2.24, 2.45) is 0 Å². The fourth-order valence-corrected chi connectivity index (χ4v) is 3.94. The fraction of sp³-hybridized carbons (Fsp3) is 0.120. The number of hydrogen-bond acceptors (Lipinski definition) is 4. The van der Waals surface area contributed by atoms with E-state index in [2.05, 4.69) is 4.98 Å². The highest BCUT2D eigenvalue weighted by Crippen LogP contribution is 2.25. The van der Waals surface area contributed by atoms with Gasteiger partial charge in [-0.1, -0.05) is 30.3 Å². The highest BCUT2D eigenvalue weighted by molar-refractivity contribution is 6.21. The second kappa shape index (κ2) is 7.02. The van der Waals surface area contributed by atoms with Crippen molar-refractivity contribution >= 4 is 22.7 Å². The van der Waals surface area contributed by atoms with Gasteiger partial charge in [-0.05, 0) is 61.4 Å². The lowest BCUT2D eigenvalue weighted by Gasteiger charge is -2.19. The van der Waals surface area contributed by atoms with Crippen LogP contribution >= 0.6 is 0 Å². The monoisotopic (exact) mass is 409 g/mol. The Hall–Kier alpha value is -4.06. The Morgan fingerprint density at radius 2 is 1.42 bits per heavy atom. The molecule has 31 heavy (non-hydrogen) atoms. The zero-order valence-corrected chi connectivity index (χ0v) is 17.1. The smallest absolute Gasteiger partial charge is 0.266 e. The van der Waals surface area contributed by atoms with E-state index in [1.54, 1.807) is 48.5 Å². The molecule has 1 aromatic heterocycles. The minimum atomic E-state index is -0.380. The van der Waals surface area contributed by atoms with Crippen LogP contribution in [0.2, 0.25) is 0 Å². The Labute approximate surface area is 178 Å². The van der Waals surface area contributed by atoms with Gasteiger partial charge in [0.15, 0.2) is 0 Å². The lowest BCUT2D eigenvalue weighted by molar-refractivity contribution is 0.0637. The Balaban J connectivity index is 1.70. The highest BCUT2D eigenvalue weighted by atomic mass is 16.2. The zero-order chi connectivity index (χ0) is 21.7. The maximum Gasteiger partial charge on any atom is 0.266 e. The summed E-state index contributed by atoms with van der Waals surface area (Å²) in [7, 11) is 0. The van der Waals surface area contributed by atoms with Crippen LogP contribution in [0.1, 0.15) is 37.7 Å². The van der Waals surface area contributed by atoms with E-state index in [-0.39, 0.29) is 23.9 Å². The summed E-state index contributed by atoms with van der Waals surface area (Å²) in [6, 6.07) is 19.5. The Bertz CT molecular complexity index is 1420. The molecule has 0 bridgehead atoms. The molecule has 1 aliphatic heterocycles. The molecule has 3 aromatic carbocycles. The average Bonchev–Trinajstić information content (AvgIpc) is 3.01. The van der Waals surface area contributed by atoms with Crippen molar-refractivity contribution in [2.75, 3.05) is 0 Å². The largest absolute Gasteiger partial charge is 0.269 e. The van der Waals surface area contributed by atoms with Gasteiger partial charge >= 0.3 is 0 Å². The molecule has 0 radical (unpaired) electrons. The molecule has 0 saturated heterocycles. The fourth-order valence-electron chi connectivity index (χ4n) is 3.94. The van der Waals surface area contributed by atoms with Crippen molar-refractivity contribution in [3.05, 3.63) is 105 Å². The second-order valence-electron chi connectivity index (χ2n) is 7.70. The van der Waals surface area contributed by atoms with Gasteiger partial charge in [0.25, 0.3) is 17.4 Å². The number of aromatic nitrogens is 2. The van der Waals surface area contributed by atoms with Gasteiger partial charge in [-0.15, -0.1) is 0 Å². The van der Waals surface area contributed by atoms with Crippen LogP contribution in [0.3, 0.4) is 0 Å². The normalized spacial score (nSPS) is 13.2. The van der Waals surface area contributed by atoms with Crippen LogP contribution in [0.4, 0.5) is 0 Å². The number of para-hydroxylation sites is 1. The van der Waals surface area contributed by atoms with Crippen LogP contribution in [-0.2, 0) is 6.54 Å². The summed E-state index contributed by atoms with van der Waals surface area (Å²) in [5.74, 6) is -0.425. The molecule has 4 aromatic rings. The van der Waals surface area contributed by atoms with E-state index in [9.17, 15) is 14.4 Å². The number of rotatable bonds is 3. The molecule has 0 unspecified atom stereocenters. The van der Waals surface area contributed by atoms with Crippen LogP contribution in [0.5, 0.6) is 0 Å². The van der Waals surface area contributed by atoms with Gasteiger partial charge in [-0.2, -0.15) is 0 Å². The molecule has 5 rings (SSSR count). The number of carbonyl (C=O) groups is 2. The first-order valence-corrected chi connectivity index (χ1v) is 9.99. The molecule has 0 N–H and O–H groups in total. The summed E-state index contributed by atoms with van der Waals surface area (Å²) < 4.78 is 1.50. The SMILES string of the molecule is Cc1ccc(-n2c(CN3C(=O)c4ccccc4C3=O)nc3ccccc3c2=O)cc1C. The molecule has 0 atom stereocenters. The van der Waals surface area contributed by atoms with Crippen molar-refractivity contribution in [3.63, 3.8) is 0 Å². The van der Waals surface area contributed by atoms with E-state index < -0.39 is 0 Å². The average molecular weight is 409 g/mol. The minimum absolute atomic E-state index is 0.0979. The number of benzene rings is 3. The molecular weight excluding hydrogens is 390 g/mol. The predicted molar refractivity (Wildman–Crippen MR) is 117 cm³/mol. The first-order chi connectivity index (χ1) is 15.0. The summed E-state index contributed by atoms with van der Waals surface area (Å²) in [6.45, 7) is 3.88. The number of nitrogens with zero attached hydrogens (tertiary/aromatic N) is 3. The van der Waals surface area contributed by atoms with Crippen molar-refractivity contribution in [1.82, 2.24) is 14.5 Å². The zero-order valence-electron chi connectivity index (χ0n) is 17.1. The van der Waals surface area contributed by atoms with Gasteiger partial charge < -0.3 is 0 Å². The van der Waals surface area contributed by atoms with Gasteiger partial charge in [-0.3, -0.25) is 23.9 Å². The number of hydrogen-bond donors (Lipinski definition) is 0. The number of amides is 2. The lowest BCUT2D eigenvalue weighted by atomic mass is 10.1. The number of fused-ring (bicyclic) bond motifs is 2. The summed E-state index contributed by atoms with van der Waals surface area (Å²) in [5.41, 5.74) is 3.82. The molecule has 0 aliphatic carbocycles. The summed E-state index contributed by atoms with van der Waals surface area (Å²) in [6.07, 6.45) is 0. The molecule has 0 saturated carbocycles. The number of carbonyl (C=O) groups excluding carboxylic acids is 2. The molecule has 1 aliphatic rings. The Kier molecular flexibility index (Phi) is 4.29. The van der Waals surface area contributed by atoms with Crippen LogP contribution in [0.25, 0.3) is 16.6 Å². The topological polar surface area (TPSA) is 72.3 Å². The third-order valence-electron chi connectivity index (χ3n) is 5.77. The standard InChI is InChI=1S/C25H19N3O3/c1-15-11-12-17(13-16(15)2)28-22(26-21-10-6-5-9-20(21)25(28)31)14-27-23(29)18-7-3-4-8-19(18)24(27)30/h3-13H,14H2,1-2H3. The molecule has 152 valence electrons. The van der Waals surface area contributed by atoms with E-state index in [0.717, 1.165) is 16.0 Å². The molecule has 2 heterocycles. The third kappa shape index (κ3) is 2.95. The Morgan fingerprint density at radius 3 is 2.10 bits per heavy atom.